The number of methoxy groups -OCH3 is 2. The summed E-state index contributed by atoms with van der Waals surface area (Å²) in [5.41, 5.74) is 2.00. The van der Waals surface area contributed by atoms with Gasteiger partial charge in [0.1, 0.15) is 0 Å². The summed E-state index contributed by atoms with van der Waals surface area (Å²) in [6.45, 7) is 1.06. The summed E-state index contributed by atoms with van der Waals surface area (Å²) in [5, 5.41) is 8.82. The van der Waals surface area contributed by atoms with Gasteiger partial charge in [-0.25, -0.2) is 0 Å². The number of carbonyl (C=O) groups excluding carboxylic acids is 1. The number of ether oxygens (including phenoxy) is 2. The zero-order valence-electron chi connectivity index (χ0n) is 15.4. The van der Waals surface area contributed by atoms with Crippen LogP contribution in [0.1, 0.15) is 12.0 Å². The van der Waals surface area contributed by atoms with Gasteiger partial charge in [-0.3, -0.25) is 9.48 Å². The topological polar surface area (TPSA) is 65.4 Å². The number of hydrogen-bond acceptors (Lipinski definition) is 4. The number of rotatable bonds is 8. The maximum atomic E-state index is 12.1. The quantitative estimate of drug-likeness (QED) is 0.642. The smallest absolute Gasteiger partial charge is 0.221 e. The number of nitrogens with one attached hydrogen (secondary N) is 1. The van der Waals surface area contributed by atoms with Crippen molar-refractivity contribution in [1.82, 2.24) is 15.1 Å². The number of aromatic nitrogens is 2. The van der Waals surface area contributed by atoms with Crippen molar-refractivity contribution in [3.05, 3.63) is 53.2 Å². The van der Waals surface area contributed by atoms with Crippen molar-refractivity contribution >= 4 is 28.4 Å². The van der Waals surface area contributed by atoms with Crippen LogP contribution < -0.4 is 14.8 Å². The lowest BCUT2D eigenvalue weighted by atomic mass is 10.1. The van der Waals surface area contributed by atoms with Crippen molar-refractivity contribution in [1.29, 1.82) is 0 Å². The van der Waals surface area contributed by atoms with E-state index < -0.39 is 0 Å². The highest BCUT2D eigenvalue weighted by Gasteiger charge is 2.08. The highest BCUT2D eigenvalue weighted by molar-refractivity contribution is 6.35. The van der Waals surface area contributed by atoms with E-state index in [4.69, 9.17) is 21.1 Å². The Hall–Kier alpha value is -2.73. The average Bonchev–Trinajstić information content (AvgIpc) is 3.10. The molecule has 142 valence electrons. The first kappa shape index (κ1) is 19.0. The third-order valence-corrected chi connectivity index (χ3v) is 4.70. The maximum absolute atomic E-state index is 12.1. The van der Waals surface area contributed by atoms with Crippen molar-refractivity contribution < 1.29 is 14.3 Å². The number of benzene rings is 2. The molecule has 0 fully saturated rings. The predicted octanol–water partition coefficient (Wildman–Crippen LogP) is 3.46. The highest BCUT2D eigenvalue weighted by atomic mass is 35.5. The molecule has 0 aliphatic rings. The average molecular weight is 388 g/mol. The minimum Gasteiger partial charge on any atom is -0.493 e. The molecule has 0 unspecified atom stereocenters. The Morgan fingerprint density at radius 3 is 2.78 bits per heavy atom. The SMILES string of the molecule is COc1ccc(CCNC(=O)CCn2ncc3c(Cl)cccc32)cc1OC. The number of carbonyl (C=O) groups is 1. The molecule has 0 atom stereocenters. The highest BCUT2D eigenvalue weighted by Crippen LogP contribution is 2.27. The van der Waals surface area contributed by atoms with Crippen LogP contribution >= 0.6 is 11.6 Å². The Balaban J connectivity index is 1.49. The molecule has 3 rings (SSSR count). The van der Waals surface area contributed by atoms with E-state index in [0.29, 0.717) is 42.5 Å². The van der Waals surface area contributed by atoms with Crippen LogP contribution in [0.15, 0.2) is 42.6 Å². The summed E-state index contributed by atoms with van der Waals surface area (Å²) in [6, 6.07) is 11.4. The Bertz CT molecular complexity index is 939. The maximum Gasteiger partial charge on any atom is 0.221 e. The van der Waals surface area contributed by atoms with Gasteiger partial charge in [0.05, 0.1) is 37.5 Å². The van der Waals surface area contributed by atoms with Gasteiger partial charge in [0.15, 0.2) is 11.5 Å². The first-order valence-corrected chi connectivity index (χ1v) is 9.08. The normalized spacial score (nSPS) is 10.8. The fourth-order valence-electron chi connectivity index (χ4n) is 2.92. The molecule has 27 heavy (non-hydrogen) atoms. The molecule has 6 nitrogen and oxygen atoms in total. The molecule has 0 spiro atoms. The van der Waals surface area contributed by atoms with Crippen LogP contribution in [0.5, 0.6) is 11.5 Å². The first-order chi connectivity index (χ1) is 13.1. The molecular formula is C20H22ClN3O3. The van der Waals surface area contributed by atoms with Gasteiger partial charge in [0, 0.05) is 18.4 Å². The fourth-order valence-corrected chi connectivity index (χ4v) is 3.14. The van der Waals surface area contributed by atoms with Gasteiger partial charge in [-0.05, 0) is 36.2 Å². The van der Waals surface area contributed by atoms with Crippen LogP contribution in [0.25, 0.3) is 10.9 Å². The molecule has 3 aromatic rings. The molecule has 7 heteroatoms. The van der Waals surface area contributed by atoms with Crippen molar-refractivity contribution in [2.45, 2.75) is 19.4 Å². The minimum atomic E-state index is -0.0128. The molecule has 1 aromatic heterocycles. The van der Waals surface area contributed by atoms with Crippen molar-refractivity contribution in [2.75, 3.05) is 20.8 Å². The van der Waals surface area contributed by atoms with Gasteiger partial charge < -0.3 is 14.8 Å². The van der Waals surface area contributed by atoms with Crippen LogP contribution in [0.2, 0.25) is 5.02 Å². The summed E-state index contributed by atoms with van der Waals surface area (Å²) >= 11 is 6.15. The van der Waals surface area contributed by atoms with Crippen LogP contribution in [-0.4, -0.2) is 36.5 Å². The van der Waals surface area contributed by atoms with E-state index in [1.54, 1.807) is 25.1 Å². The zero-order chi connectivity index (χ0) is 19.2. The number of halogens is 1. The number of aryl methyl sites for hydroxylation is 1. The monoisotopic (exact) mass is 387 g/mol. The summed E-state index contributed by atoms with van der Waals surface area (Å²) in [4.78, 5) is 12.1. The summed E-state index contributed by atoms with van der Waals surface area (Å²) in [5.74, 6) is 1.36. The van der Waals surface area contributed by atoms with Gasteiger partial charge in [-0.15, -0.1) is 0 Å². The molecule has 1 amide bonds. The molecule has 1 N–H and O–H groups in total. The molecule has 2 aromatic carbocycles. The standard InChI is InChI=1S/C20H22ClN3O3/c1-26-18-7-6-14(12-19(18)27-2)8-10-22-20(25)9-11-24-17-5-3-4-16(21)15(17)13-23-24/h3-7,12-13H,8-11H2,1-2H3,(H,22,25). The summed E-state index contributed by atoms with van der Waals surface area (Å²) in [6.07, 6.45) is 2.80. The number of amides is 1. The molecule has 1 heterocycles. The minimum absolute atomic E-state index is 0.0128. The van der Waals surface area contributed by atoms with Crippen molar-refractivity contribution in [2.24, 2.45) is 0 Å². The zero-order valence-corrected chi connectivity index (χ0v) is 16.1. The molecule has 0 radical (unpaired) electrons. The molecule has 0 saturated heterocycles. The van der Waals surface area contributed by atoms with E-state index in [9.17, 15) is 4.79 Å². The van der Waals surface area contributed by atoms with Crippen LogP contribution in [0.3, 0.4) is 0 Å². The second-order valence-electron chi connectivity index (χ2n) is 6.08. The molecular weight excluding hydrogens is 366 g/mol. The van der Waals surface area contributed by atoms with Crippen molar-refractivity contribution in [3.8, 4) is 11.5 Å². The second-order valence-corrected chi connectivity index (χ2v) is 6.49. The van der Waals surface area contributed by atoms with E-state index >= 15 is 0 Å². The Kier molecular flexibility index (Phi) is 6.19. The predicted molar refractivity (Wildman–Crippen MR) is 106 cm³/mol. The van der Waals surface area contributed by atoms with E-state index in [1.165, 1.54) is 0 Å². The van der Waals surface area contributed by atoms with E-state index in [-0.39, 0.29) is 5.91 Å². The third-order valence-electron chi connectivity index (χ3n) is 4.37. The molecule has 0 bridgehead atoms. The number of hydrogen-bond donors (Lipinski definition) is 1. The third kappa shape index (κ3) is 4.52. The van der Waals surface area contributed by atoms with Gasteiger partial charge in [-0.2, -0.15) is 5.10 Å². The molecule has 0 aliphatic heterocycles. The van der Waals surface area contributed by atoms with Gasteiger partial charge in [-0.1, -0.05) is 23.7 Å². The Morgan fingerprint density at radius 2 is 2.00 bits per heavy atom. The van der Waals surface area contributed by atoms with Crippen LogP contribution in [0, 0.1) is 0 Å². The Morgan fingerprint density at radius 1 is 1.19 bits per heavy atom. The van der Waals surface area contributed by atoms with E-state index in [0.717, 1.165) is 16.5 Å². The summed E-state index contributed by atoms with van der Waals surface area (Å²) < 4.78 is 12.3. The van der Waals surface area contributed by atoms with Gasteiger partial charge >= 0.3 is 0 Å². The van der Waals surface area contributed by atoms with Gasteiger partial charge in [0.2, 0.25) is 5.91 Å². The number of nitrogens with zero attached hydrogens (tertiary/aromatic N) is 2. The van der Waals surface area contributed by atoms with Crippen LogP contribution in [0.4, 0.5) is 0 Å². The second kappa shape index (κ2) is 8.77. The van der Waals surface area contributed by atoms with E-state index in [2.05, 4.69) is 10.4 Å². The van der Waals surface area contributed by atoms with E-state index in [1.807, 2.05) is 36.4 Å². The van der Waals surface area contributed by atoms with Gasteiger partial charge in [0.25, 0.3) is 0 Å². The van der Waals surface area contributed by atoms with Crippen molar-refractivity contribution in [3.63, 3.8) is 0 Å². The lowest BCUT2D eigenvalue weighted by Gasteiger charge is -2.10. The lowest BCUT2D eigenvalue weighted by Crippen LogP contribution is -2.26. The van der Waals surface area contributed by atoms with Crippen LogP contribution in [-0.2, 0) is 17.8 Å². The largest absolute Gasteiger partial charge is 0.493 e. The molecule has 0 aliphatic carbocycles. The lowest BCUT2D eigenvalue weighted by molar-refractivity contribution is -0.121. The first-order valence-electron chi connectivity index (χ1n) is 8.70. The Labute approximate surface area is 163 Å². The summed E-state index contributed by atoms with van der Waals surface area (Å²) in [7, 11) is 3.21. The number of fused-ring (bicyclic) bond motifs is 1. The fraction of sp³-hybridized carbons (Fsp3) is 0.300. The molecule has 0 saturated carbocycles.